The summed E-state index contributed by atoms with van der Waals surface area (Å²) in [6.45, 7) is 2.40. The minimum atomic E-state index is -0.145. The molecule has 156 valence electrons. The fraction of sp³-hybridized carbons (Fsp3) is 0.292. The number of benzene rings is 2. The quantitative estimate of drug-likeness (QED) is 0.617. The lowest BCUT2D eigenvalue weighted by atomic mass is 9.98. The van der Waals surface area contributed by atoms with Gasteiger partial charge in [0.1, 0.15) is 11.5 Å². The van der Waals surface area contributed by atoms with Crippen LogP contribution in [-0.4, -0.2) is 38.1 Å². The monoisotopic (exact) mass is 422 g/mol. The molecule has 3 aromatic rings. The zero-order chi connectivity index (χ0) is 20.9. The maximum absolute atomic E-state index is 12.9. The third-order valence-corrected chi connectivity index (χ3v) is 6.56. The van der Waals surface area contributed by atoms with Crippen molar-refractivity contribution < 1.29 is 14.3 Å². The molecule has 0 spiro atoms. The SMILES string of the molecule is COc1ccc(C(=O)NCC(c2cccs2)N2CCc3ccccc3C2)c(OC)c1. The Morgan fingerprint density at radius 2 is 1.93 bits per heavy atom. The molecule has 1 unspecified atom stereocenters. The molecule has 1 atom stereocenters. The summed E-state index contributed by atoms with van der Waals surface area (Å²) in [5, 5.41) is 5.22. The smallest absolute Gasteiger partial charge is 0.255 e. The molecule has 0 saturated carbocycles. The predicted octanol–water partition coefficient (Wildman–Crippen LogP) is 4.29. The second-order valence-corrected chi connectivity index (χ2v) is 8.28. The highest BCUT2D eigenvalue weighted by Gasteiger charge is 2.26. The van der Waals surface area contributed by atoms with Crippen LogP contribution in [0.1, 0.15) is 32.4 Å². The minimum Gasteiger partial charge on any atom is -0.497 e. The average Bonchev–Trinajstić information content (AvgIpc) is 3.33. The number of amides is 1. The van der Waals surface area contributed by atoms with Gasteiger partial charge in [0.2, 0.25) is 0 Å². The normalized spacial score (nSPS) is 14.6. The molecule has 2 heterocycles. The molecular weight excluding hydrogens is 396 g/mol. The van der Waals surface area contributed by atoms with Crippen molar-refractivity contribution in [2.45, 2.75) is 19.0 Å². The zero-order valence-electron chi connectivity index (χ0n) is 17.3. The van der Waals surface area contributed by atoms with Crippen molar-refractivity contribution in [3.05, 3.63) is 81.5 Å². The Hall–Kier alpha value is -2.83. The van der Waals surface area contributed by atoms with Gasteiger partial charge in [-0.05, 0) is 41.1 Å². The van der Waals surface area contributed by atoms with Gasteiger partial charge in [-0.3, -0.25) is 9.69 Å². The third kappa shape index (κ3) is 4.35. The number of rotatable bonds is 7. The van der Waals surface area contributed by atoms with Gasteiger partial charge < -0.3 is 14.8 Å². The first-order valence-electron chi connectivity index (χ1n) is 10.0. The number of fused-ring (bicyclic) bond motifs is 1. The molecule has 1 aliphatic rings. The van der Waals surface area contributed by atoms with Crippen LogP contribution < -0.4 is 14.8 Å². The van der Waals surface area contributed by atoms with Crippen LogP contribution in [0.4, 0.5) is 0 Å². The van der Waals surface area contributed by atoms with Crippen molar-refractivity contribution in [2.75, 3.05) is 27.3 Å². The standard InChI is InChI=1S/C24H26N2O3S/c1-28-19-9-10-20(22(14-19)29-2)24(27)25-15-21(23-8-5-13-30-23)26-12-11-17-6-3-4-7-18(17)16-26/h3-10,13-14,21H,11-12,15-16H2,1-2H3,(H,25,27). The maximum atomic E-state index is 12.9. The van der Waals surface area contributed by atoms with Crippen LogP contribution in [0.5, 0.6) is 11.5 Å². The lowest BCUT2D eigenvalue weighted by Gasteiger charge is -2.35. The first-order chi connectivity index (χ1) is 14.7. The number of thiophene rings is 1. The van der Waals surface area contributed by atoms with Crippen LogP contribution in [0, 0.1) is 0 Å². The number of hydrogen-bond donors (Lipinski definition) is 1. The first kappa shape index (κ1) is 20.4. The van der Waals surface area contributed by atoms with Gasteiger partial charge in [-0.2, -0.15) is 0 Å². The maximum Gasteiger partial charge on any atom is 0.255 e. The molecule has 6 heteroatoms. The van der Waals surface area contributed by atoms with Crippen molar-refractivity contribution in [2.24, 2.45) is 0 Å². The Balaban J connectivity index is 1.51. The van der Waals surface area contributed by atoms with E-state index in [1.165, 1.54) is 16.0 Å². The number of nitrogens with zero attached hydrogens (tertiary/aromatic N) is 1. The summed E-state index contributed by atoms with van der Waals surface area (Å²) in [6, 6.07) is 18.2. The zero-order valence-corrected chi connectivity index (χ0v) is 18.1. The Bertz CT molecular complexity index is 1000. The van der Waals surface area contributed by atoms with E-state index in [0.29, 0.717) is 23.6 Å². The fourth-order valence-corrected chi connectivity index (χ4v) is 4.81. The number of hydrogen-bond acceptors (Lipinski definition) is 5. The highest BCUT2D eigenvalue weighted by Crippen LogP contribution is 2.30. The van der Waals surface area contributed by atoms with Crippen LogP contribution >= 0.6 is 11.3 Å². The van der Waals surface area contributed by atoms with Gasteiger partial charge >= 0.3 is 0 Å². The molecule has 30 heavy (non-hydrogen) atoms. The van der Waals surface area contributed by atoms with Crippen molar-refractivity contribution >= 4 is 17.2 Å². The second-order valence-electron chi connectivity index (χ2n) is 7.30. The van der Waals surface area contributed by atoms with Crippen molar-refractivity contribution in [1.82, 2.24) is 10.2 Å². The van der Waals surface area contributed by atoms with Gasteiger partial charge in [-0.15, -0.1) is 11.3 Å². The molecule has 5 nitrogen and oxygen atoms in total. The van der Waals surface area contributed by atoms with E-state index in [9.17, 15) is 4.79 Å². The molecular formula is C24H26N2O3S. The van der Waals surface area contributed by atoms with Gasteiger partial charge in [-0.25, -0.2) is 0 Å². The van der Waals surface area contributed by atoms with E-state index in [0.717, 1.165) is 19.5 Å². The fourth-order valence-electron chi connectivity index (χ4n) is 3.94. The second kappa shape index (κ2) is 9.32. The topological polar surface area (TPSA) is 50.8 Å². The van der Waals surface area contributed by atoms with E-state index in [1.807, 2.05) is 0 Å². The summed E-state index contributed by atoms with van der Waals surface area (Å²) in [6.07, 6.45) is 1.03. The van der Waals surface area contributed by atoms with Crippen LogP contribution in [0.15, 0.2) is 60.0 Å². The lowest BCUT2D eigenvalue weighted by molar-refractivity contribution is 0.0925. The number of nitrogens with one attached hydrogen (secondary N) is 1. The number of carbonyl (C=O) groups is 1. The van der Waals surface area contributed by atoms with E-state index in [1.54, 1.807) is 43.8 Å². The molecule has 1 N–H and O–H groups in total. The van der Waals surface area contributed by atoms with Gasteiger partial charge in [0.25, 0.3) is 5.91 Å². The molecule has 1 amide bonds. The molecule has 0 aliphatic carbocycles. The van der Waals surface area contributed by atoms with E-state index in [4.69, 9.17) is 9.47 Å². The van der Waals surface area contributed by atoms with Gasteiger partial charge in [0.05, 0.1) is 25.8 Å². The largest absolute Gasteiger partial charge is 0.497 e. The molecule has 0 bridgehead atoms. The Morgan fingerprint density at radius 3 is 2.67 bits per heavy atom. The van der Waals surface area contributed by atoms with Crippen LogP contribution in [0.3, 0.4) is 0 Å². The molecule has 0 fully saturated rings. The summed E-state index contributed by atoms with van der Waals surface area (Å²) in [7, 11) is 3.15. The molecule has 1 aromatic heterocycles. The van der Waals surface area contributed by atoms with Crippen LogP contribution in [-0.2, 0) is 13.0 Å². The van der Waals surface area contributed by atoms with Crippen molar-refractivity contribution in [3.63, 3.8) is 0 Å². The van der Waals surface area contributed by atoms with Crippen molar-refractivity contribution in [1.29, 1.82) is 0 Å². The van der Waals surface area contributed by atoms with Crippen LogP contribution in [0.2, 0.25) is 0 Å². The predicted molar refractivity (Wildman–Crippen MR) is 119 cm³/mol. The van der Waals surface area contributed by atoms with Crippen molar-refractivity contribution in [3.8, 4) is 11.5 Å². The molecule has 0 radical (unpaired) electrons. The third-order valence-electron chi connectivity index (χ3n) is 5.58. The summed E-state index contributed by atoms with van der Waals surface area (Å²) in [5.41, 5.74) is 3.30. The number of methoxy groups -OCH3 is 2. The molecule has 1 aliphatic heterocycles. The highest BCUT2D eigenvalue weighted by atomic mass is 32.1. The van der Waals surface area contributed by atoms with E-state index < -0.39 is 0 Å². The Labute approximate surface area is 181 Å². The number of ether oxygens (including phenoxy) is 2. The minimum absolute atomic E-state index is 0.131. The lowest BCUT2D eigenvalue weighted by Crippen LogP contribution is -2.40. The van der Waals surface area contributed by atoms with Gasteiger partial charge in [0.15, 0.2) is 0 Å². The van der Waals surface area contributed by atoms with E-state index in [2.05, 4.69) is 52.0 Å². The van der Waals surface area contributed by atoms with E-state index >= 15 is 0 Å². The summed E-state index contributed by atoms with van der Waals surface area (Å²) >= 11 is 1.73. The summed E-state index contributed by atoms with van der Waals surface area (Å²) in [4.78, 5) is 16.7. The van der Waals surface area contributed by atoms with Gasteiger partial charge in [0, 0.05) is 30.6 Å². The number of carbonyl (C=O) groups excluding carboxylic acids is 1. The average molecular weight is 423 g/mol. The van der Waals surface area contributed by atoms with Crippen LogP contribution in [0.25, 0.3) is 0 Å². The molecule has 0 saturated heterocycles. The summed E-state index contributed by atoms with van der Waals surface area (Å²) in [5.74, 6) is 1.02. The van der Waals surface area contributed by atoms with E-state index in [-0.39, 0.29) is 11.9 Å². The Morgan fingerprint density at radius 1 is 1.10 bits per heavy atom. The highest BCUT2D eigenvalue weighted by molar-refractivity contribution is 7.10. The molecule has 2 aromatic carbocycles. The summed E-state index contributed by atoms with van der Waals surface area (Å²) < 4.78 is 10.6. The molecule has 4 rings (SSSR count). The van der Waals surface area contributed by atoms with Gasteiger partial charge in [-0.1, -0.05) is 30.3 Å². The first-order valence-corrected chi connectivity index (χ1v) is 10.9. The Kier molecular flexibility index (Phi) is 6.35.